The number of hydrogen-bond acceptors (Lipinski definition) is 3. The van der Waals surface area contributed by atoms with Crippen LogP contribution in [0.25, 0.3) is 0 Å². The molecular weight excluding hydrogens is 266 g/mol. The second kappa shape index (κ2) is 6.94. The van der Waals surface area contributed by atoms with E-state index in [0.717, 1.165) is 37.1 Å². The van der Waals surface area contributed by atoms with Crippen LogP contribution >= 0.6 is 0 Å². The molecule has 4 nitrogen and oxygen atoms in total. The van der Waals surface area contributed by atoms with Crippen LogP contribution in [0.1, 0.15) is 48.8 Å². The standard InChI is InChI=1S/C17H25NO3/c1-12-9-14(10-13(2)17(12)21)11-18-8-4-3-5-15(18)6-7-16(19)20/h9-10,15,21H,3-8,11H2,1-2H3,(H,19,20). The van der Waals surface area contributed by atoms with Gasteiger partial charge in [-0.3, -0.25) is 9.69 Å². The second-order valence-electron chi connectivity index (χ2n) is 6.13. The van der Waals surface area contributed by atoms with Crippen molar-refractivity contribution in [2.45, 2.75) is 58.5 Å². The van der Waals surface area contributed by atoms with E-state index in [0.29, 0.717) is 11.8 Å². The van der Waals surface area contributed by atoms with Gasteiger partial charge >= 0.3 is 5.97 Å². The number of likely N-dealkylation sites (tertiary alicyclic amines) is 1. The minimum atomic E-state index is -0.711. The molecule has 1 aromatic carbocycles. The van der Waals surface area contributed by atoms with E-state index in [4.69, 9.17) is 5.11 Å². The number of aliphatic carboxylic acids is 1. The Balaban J connectivity index is 2.06. The molecule has 1 aliphatic rings. The molecule has 4 heteroatoms. The van der Waals surface area contributed by atoms with Gasteiger partial charge in [-0.15, -0.1) is 0 Å². The number of carboxylic acids is 1. The van der Waals surface area contributed by atoms with Gasteiger partial charge in [-0.25, -0.2) is 0 Å². The summed E-state index contributed by atoms with van der Waals surface area (Å²) in [6, 6.07) is 4.43. The topological polar surface area (TPSA) is 60.8 Å². The summed E-state index contributed by atoms with van der Waals surface area (Å²) in [5.74, 6) is -0.336. The van der Waals surface area contributed by atoms with Gasteiger partial charge in [0.05, 0.1) is 0 Å². The molecule has 1 aliphatic heterocycles. The Hall–Kier alpha value is -1.55. The molecule has 0 bridgehead atoms. The molecule has 0 radical (unpaired) electrons. The molecule has 1 heterocycles. The molecule has 0 spiro atoms. The van der Waals surface area contributed by atoms with Gasteiger partial charge in [0, 0.05) is 19.0 Å². The molecule has 1 aromatic rings. The molecular formula is C17H25NO3. The van der Waals surface area contributed by atoms with E-state index in [-0.39, 0.29) is 6.42 Å². The maximum Gasteiger partial charge on any atom is 0.303 e. The molecule has 0 saturated carbocycles. The maximum atomic E-state index is 10.8. The van der Waals surface area contributed by atoms with Crippen LogP contribution in [-0.2, 0) is 11.3 Å². The van der Waals surface area contributed by atoms with Crippen molar-refractivity contribution < 1.29 is 15.0 Å². The summed E-state index contributed by atoms with van der Waals surface area (Å²) < 4.78 is 0. The number of phenolic OH excluding ortho intramolecular Hbond substituents is 1. The fourth-order valence-electron chi connectivity index (χ4n) is 3.26. The Morgan fingerprint density at radius 1 is 1.29 bits per heavy atom. The predicted octanol–water partition coefficient (Wildman–Crippen LogP) is 3.23. The number of benzene rings is 1. The van der Waals surface area contributed by atoms with Crippen molar-refractivity contribution in [1.29, 1.82) is 0 Å². The zero-order valence-corrected chi connectivity index (χ0v) is 12.9. The van der Waals surface area contributed by atoms with Gasteiger partial charge in [-0.1, -0.05) is 18.6 Å². The third-order valence-corrected chi connectivity index (χ3v) is 4.38. The Morgan fingerprint density at radius 2 is 1.95 bits per heavy atom. The van der Waals surface area contributed by atoms with Gasteiger partial charge in [-0.2, -0.15) is 0 Å². The zero-order chi connectivity index (χ0) is 15.4. The highest BCUT2D eigenvalue weighted by Crippen LogP contribution is 2.27. The van der Waals surface area contributed by atoms with Crippen molar-refractivity contribution in [2.75, 3.05) is 6.54 Å². The Kier molecular flexibility index (Phi) is 5.23. The first-order valence-corrected chi connectivity index (χ1v) is 7.72. The van der Waals surface area contributed by atoms with Crippen LogP contribution in [0.15, 0.2) is 12.1 Å². The quantitative estimate of drug-likeness (QED) is 0.874. The zero-order valence-electron chi connectivity index (χ0n) is 12.9. The third kappa shape index (κ3) is 4.21. The van der Waals surface area contributed by atoms with Crippen molar-refractivity contribution in [3.63, 3.8) is 0 Å². The summed E-state index contributed by atoms with van der Waals surface area (Å²) in [7, 11) is 0. The van der Waals surface area contributed by atoms with Crippen molar-refractivity contribution in [1.82, 2.24) is 4.90 Å². The van der Waals surface area contributed by atoms with E-state index in [1.807, 2.05) is 26.0 Å². The smallest absolute Gasteiger partial charge is 0.303 e. The Labute approximate surface area is 126 Å². The largest absolute Gasteiger partial charge is 0.507 e. The normalized spacial score (nSPS) is 19.6. The molecule has 1 saturated heterocycles. The SMILES string of the molecule is Cc1cc(CN2CCCCC2CCC(=O)O)cc(C)c1O. The average Bonchev–Trinajstić information content (AvgIpc) is 2.43. The van der Waals surface area contributed by atoms with Crippen LogP contribution < -0.4 is 0 Å². The number of hydrogen-bond donors (Lipinski definition) is 2. The lowest BCUT2D eigenvalue weighted by atomic mass is 9.96. The lowest BCUT2D eigenvalue weighted by molar-refractivity contribution is -0.137. The van der Waals surface area contributed by atoms with Crippen LogP contribution in [-0.4, -0.2) is 33.7 Å². The van der Waals surface area contributed by atoms with E-state index in [9.17, 15) is 9.90 Å². The van der Waals surface area contributed by atoms with Crippen LogP contribution in [0.5, 0.6) is 5.75 Å². The average molecular weight is 291 g/mol. The van der Waals surface area contributed by atoms with Crippen LogP contribution in [0.2, 0.25) is 0 Å². The highest BCUT2D eigenvalue weighted by molar-refractivity contribution is 5.66. The van der Waals surface area contributed by atoms with Gasteiger partial charge in [-0.05, 0) is 56.3 Å². The van der Waals surface area contributed by atoms with E-state index in [2.05, 4.69) is 4.90 Å². The summed E-state index contributed by atoms with van der Waals surface area (Å²) in [4.78, 5) is 13.2. The first-order valence-electron chi connectivity index (χ1n) is 7.72. The molecule has 1 atom stereocenters. The summed E-state index contributed by atoms with van der Waals surface area (Å²) in [6.45, 7) is 5.71. The molecule has 116 valence electrons. The molecule has 2 N–H and O–H groups in total. The molecule has 1 fully saturated rings. The first kappa shape index (κ1) is 15.8. The fourth-order valence-corrected chi connectivity index (χ4v) is 3.26. The molecule has 21 heavy (non-hydrogen) atoms. The van der Waals surface area contributed by atoms with E-state index < -0.39 is 5.97 Å². The molecule has 2 rings (SSSR count). The fraction of sp³-hybridized carbons (Fsp3) is 0.588. The molecule has 1 unspecified atom stereocenters. The van der Waals surface area contributed by atoms with Crippen molar-refractivity contribution in [3.8, 4) is 5.75 Å². The van der Waals surface area contributed by atoms with Crippen molar-refractivity contribution in [3.05, 3.63) is 28.8 Å². The van der Waals surface area contributed by atoms with Crippen LogP contribution in [0.3, 0.4) is 0 Å². The van der Waals surface area contributed by atoms with E-state index in [1.165, 1.54) is 18.4 Å². The van der Waals surface area contributed by atoms with Crippen molar-refractivity contribution >= 4 is 5.97 Å². The maximum absolute atomic E-state index is 10.8. The number of rotatable bonds is 5. The summed E-state index contributed by atoms with van der Waals surface area (Å²) in [5, 5.41) is 18.7. The monoisotopic (exact) mass is 291 g/mol. The number of aromatic hydroxyl groups is 1. The molecule has 0 aromatic heterocycles. The third-order valence-electron chi connectivity index (χ3n) is 4.38. The number of piperidine rings is 1. The number of carboxylic acid groups (broad SMARTS) is 1. The van der Waals surface area contributed by atoms with Crippen LogP contribution in [0.4, 0.5) is 0 Å². The van der Waals surface area contributed by atoms with Crippen LogP contribution in [0, 0.1) is 13.8 Å². The Morgan fingerprint density at radius 3 is 2.57 bits per heavy atom. The Bertz CT molecular complexity index is 490. The highest BCUT2D eigenvalue weighted by atomic mass is 16.4. The number of aryl methyl sites for hydroxylation is 2. The predicted molar refractivity (Wildman–Crippen MR) is 82.5 cm³/mol. The molecule has 0 amide bonds. The number of nitrogens with zero attached hydrogens (tertiary/aromatic N) is 1. The summed E-state index contributed by atoms with van der Waals surface area (Å²) >= 11 is 0. The van der Waals surface area contributed by atoms with Gasteiger partial charge in [0.2, 0.25) is 0 Å². The second-order valence-corrected chi connectivity index (χ2v) is 6.13. The lowest BCUT2D eigenvalue weighted by Crippen LogP contribution is -2.39. The number of phenols is 1. The highest BCUT2D eigenvalue weighted by Gasteiger charge is 2.23. The number of carbonyl (C=O) groups is 1. The van der Waals surface area contributed by atoms with Gasteiger partial charge < -0.3 is 10.2 Å². The minimum Gasteiger partial charge on any atom is -0.507 e. The van der Waals surface area contributed by atoms with E-state index in [1.54, 1.807) is 0 Å². The van der Waals surface area contributed by atoms with Crippen molar-refractivity contribution in [2.24, 2.45) is 0 Å². The lowest BCUT2D eigenvalue weighted by Gasteiger charge is -2.35. The minimum absolute atomic E-state index is 0.245. The van der Waals surface area contributed by atoms with Gasteiger partial charge in [0.25, 0.3) is 0 Å². The summed E-state index contributed by atoms with van der Waals surface area (Å²) in [6.07, 6.45) is 4.43. The van der Waals surface area contributed by atoms with E-state index >= 15 is 0 Å². The molecule has 0 aliphatic carbocycles. The summed E-state index contributed by atoms with van der Waals surface area (Å²) in [5.41, 5.74) is 3.01. The van der Waals surface area contributed by atoms with Gasteiger partial charge in [0.1, 0.15) is 5.75 Å². The first-order chi connectivity index (χ1) is 9.97. The van der Waals surface area contributed by atoms with Gasteiger partial charge in [0.15, 0.2) is 0 Å².